The molecule has 0 spiro atoms. The molecule has 30 heavy (non-hydrogen) atoms. The van der Waals surface area contributed by atoms with E-state index in [0.717, 1.165) is 16.9 Å². The molecule has 1 unspecified atom stereocenters. The lowest BCUT2D eigenvalue weighted by Gasteiger charge is -2.36. The van der Waals surface area contributed by atoms with E-state index >= 15 is 0 Å². The Balaban J connectivity index is 1.48. The fourth-order valence-corrected chi connectivity index (χ4v) is 3.65. The van der Waals surface area contributed by atoms with Crippen LogP contribution in [-0.2, 0) is 4.79 Å². The van der Waals surface area contributed by atoms with Gasteiger partial charge < -0.3 is 9.80 Å². The van der Waals surface area contributed by atoms with Gasteiger partial charge in [-0.25, -0.2) is 9.67 Å². The van der Waals surface area contributed by atoms with Crippen LogP contribution in [0.1, 0.15) is 18.5 Å². The zero-order chi connectivity index (χ0) is 21.1. The van der Waals surface area contributed by atoms with E-state index in [-0.39, 0.29) is 11.5 Å². The number of amides is 1. The molecule has 154 valence electrons. The summed E-state index contributed by atoms with van der Waals surface area (Å²) in [5, 5.41) is 4.49. The van der Waals surface area contributed by atoms with Crippen molar-refractivity contribution in [1.29, 1.82) is 0 Å². The van der Waals surface area contributed by atoms with Gasteiger partial charge in [0.25, 0.3) is 5.56 Å². The van der Waals surface area contributed by atoms with Crippen LogP contribution in [0.2, 0.25) is 0 Å². The van der Waals surface area contributed by atoms with Crippen molar-refractivity contribution in [2.24, 2.45) is 0 Å². The number of aromatic nitrogens is 3. The molecule has 0 N–H and O–H groups in total. The molecule has 0 aliphatic carbocycles. The predicted octanol–water partition coefficient (Wildman–Crippen LogP) is 2.52. The molecule has 3 aromatic rings. The Kier molecular flexibility index (Phi) is 5.61. The minimum absolute atomic E-state index is 0.0914. The zero-order valence-electron chi connectivity index (χ0n) is 17.2. The standard InChI is InChI=1S/C23H25N5O2/c1-17-6-8-19(9-7-17)20-10-11-22(29)28(25-20)18(2)23(30)27-15-13-26(14-16-27)21-5-3-4-12-24-21/h3-12,18H,13-16H2,1-2H3. The van der Waals surface area contributed by atoms with Gasteiger partial charge in [-0.3, -0.25) is 9.59 Å². The van der Waals surface area contributed by atoms with E-state index in [9.17, 15) is 9.59 Å². The quantitative estimate of drug-likeness (QED) is 0.669. The van der Waals surface area contributed by atoms with Crippen LogP contribution in [0, 0.1) is 6.92 Å². The molecule has 1 saturated heterocycles. The minimum atomic E-state index is -0.663. The number of pyridine rings is 1. The molecule has 2 aromatic heterocycles. The van der Waals surface area contributed by atoms with Gasteiger partial charge in [0.05, 0.1) is 5.69 Å². The lowest BCUT2D eigenvalue weighted by atomic mass is 10.1. The van der Waals surface area contributed by atoms with Gasteiger partial charge in [-0.05, 0) is 32.0 Å². The van der Waals surface area contributed by atoms with E-state index in [1.807, 2.05) is 49.4 Å². The first-order chi connectivity index (χ1) is 14.5. The lowest BCUT2D eigenvalue weighted by molar-refractivity contribution is -0.135. The molecule has 4 rings (SSSR count). The van der Waals surface area contributed by atoms with Gasteiger partial charge in [0, 0.05) is 44.0 Å². The highest BCUT2D eigenvalue weighted by molar-refractivity contribution is 5.80. The fraction of sp³-hybridized carbons (Fsp3) is 0.304. The van der Waals surface area contributed by atoms with Gasteiger partial charge in [0.2, 0.25) is 5.91 Å². The normalized spacial score (nSPS) is 15.1. The van der Waals surface area contributed by atoms with Crippen LogP contribution in [0.3, 0.4) is 0 Å². The van der Waals surface area contributed by atoms with E-state index in [0.29, 0.717) is 31.9 Å². The topological polar surface area (TPSA) is 71.3 Å². The second kappa shape index (κ2) is 8.49. The summed E-state index contributed by atoms with van der Waals surface area (Å²) in [7, 11) is 0. The van der Waals surface area contributed by atoms with Crippen molar-refractivity contribution in [3.8, 4) is 11.3 Å². The van der Waals surface area contributed by atoms with Gasteiger partial charge in [0.15, 0.2) is 0 Å². The van der Waals surface area contributed by atoms with Gasteiger partial charge in [-0.15, -0.1) is 0 Å². The Bertz CT molecular complexity index is 1070. The number of aryl methyl sites for hydroxylation is 1. The maximum atomic E-state index is 13.1. The van der Waals surface area contributed by atoms with Crippen LogP contribution in [0.5, 0.6) is 0 Å². The molecule has 1 aromatic carbocycles. The largest absolute Gasteiger partial charge is 0.353 e. The monoisotopic (exact) mass is 403 g/mol. The van der Waals surface area contributed by atoms with Crippen LogP contribution in [0.25, 0.3) is 11.3 Å². The van der Waals surface area contributed by atoms with E-state index in [1.54, 1.807) is 24.1 Å². The third kappa shape index (κ3) is 4.10. The summed E-state index contributed by atoms with van der Waals surface area (Å²) in [6, 6.07) is 16.3. The summed E-state index contributed by atoms with van der Waals surface area (Å²) in [5.41, 5.74) is 2.46. The van der Waals surface area contributed by atoms with Gasteiger partial charge in [-0.1, -0.05) is 35.9 Å². The molecular formula is C23H25N5O2. The molecule has 1 atom stereocenters. The molecule has 1 aliphatic heterocycles. The number of hydrogen-bond donors (Lipinski definition) is 0. The molecule has 1 fully saturated rings. The Hall–Kier alpha value is -3.48. The first-order valence-corrected chi connectivity index (χ1v) is 10.1. The maximum absolute atomic E-state index is 13.1. The van der Waals surface area contributed by atoms with E-state index in [4.69, 9.17) is 0 Å². The summed E-state index contributed by atoms with van der Waals surface area (Å²) in [5.74, 6) is 0.827. The Morgan fingerprint density at radius 2 is 1.70 bits per heavy atom. The number of benzene rings is 1. The van der Waals surface area contributed by atoms with Crippen LogP contribution < -0.4 is 10.5 Å². The molecule has 1 aliphatic rings. The number of rotatable bonds is 4. The number of carbonyl (C=O) groups excluding carboxylic acids is 1. The number of hydrogen-bond acceptors (Lipinski definition) is 5. The number of carbonyl (C=O) groups is 1. The second-order valence-corrected chi connectivity index (χ2v) is 7.54. The van der Waals surface area contributed by atoms with Crippen molar-refractivity contribution in [1.82, 2.24) is 19.7 Å². The van der Waals surface area contributed by atoms with Gasteiger partial charge >= 0.3 is 0 Å². The Morgan fingerprint density at radius 1 is 0.967 bits per heavy atom. The van der Waals surface area contributed by atoms with Crippen molar-refractivity contribution in [3.63, 3.8) is 0 Å². The SMILES string of the molecule is Cc1ccc(-c2ccc(=O)n(C(C)C(=O)N3CCN(c4ccccn4)CC3)n2)cc1. The molecule has 0 radical (unpaired) electrons. The third-order valence-electron chi connectivity index (χ3n) is 5.46. The molecule has 7 heteroatoms. The van der Waals surface area contributed by atoms with Crippen molar-refractivity contribution in [2.75, 3.05) is 31.1 Å². The Morgan fingerprint density at radius 3 is 2.37 bits per heavy atom. The number of anilines is 1. The minimum Gasteiger partial charge on any atom is -0.353 e. The Labute approximate surface area is 175 Å². The van der Waals surface area contributed by atoms with E-state index in [2.05, 4.69) is 15.0 Å². The number of piperazine rings is 1. The summed E-state index contributed by atoms with van der Waals surface area (Å²) < 4.78 is 1.29. The summed E-state index contributed by atoms with van der Waals surface area (Å²) in [6.07, 6.45) is 1.77. The molecular weight excluding hydrogens is 378 g/mol. The van der Waals surface area contributed by atoms with Crippen molar-refractivity contribution in [2.45, 2.75) is 19.9 Å². The lowest BCUT2D eigenvalue weighted by Crippen LogP contribution is -2.51. The highest BCUT2D eigenvalue weighted by atomic mass is 16.2. The fourth-order valence-electron chi connectivity index (χ4n) is 3.65. The summed E-state index contributed by atoms with van der Waals surface area (Å²) >= 11 is 0. The van der Waals surface area contributed by atoms with Crippen LogP contribution in [-0.4, -0.2) is 51.8 Å². The highest BCUT2D eigenvalue weighted by Gasteiger charge is 2.27. The van der Waals surface area contributed by atoms with Crippen molar-refractivity contribution >= 4 is 11.7 Å². The second-order valence-electron chi connectivity index (χ2n) is 7.54. The van der Waals surface area contributed by atoms with E-state index < -0.39 is 6.04 Å². The average molecular weight is 403 g/mol. The van der Waals surface area contributed by atoms with Crippen molar-refractivity contribution < 1.29 is 4.79 Å². The maximum Gasteiger partial charge on any atom is 0.267 e. The molecule has 3 heterocycles. The summed E-state index contributed by atoms with van der Waals surface area (Å²) in [6.45, 7) is 6.36. The smallest absolute Gasteiger partial charge is 0.267 e. The first kappa shape index (κ1) is 19.8. The molecule has 0 saturated carbocycles. The molecule has 1 amide bonds. The zero-order valence-corrected chi connectivity index (χ0v) is 17.2. The highest BCUT2D eigenvalue weighted by Crippen LogP contribution is 2.18. The molecule has 0 bridgehead atoms. The van der Waals surface area contributed by atoms with Gasteiger partial charge in [-0.2, -0.15) is 5.10 Å². The predicted molar refractivity (Wildman–Crippen MR) is 116 cm³/mol. The molecule has 7 nitrogen and oxygen atoms in total. The van der Waals surface area contributed by atoms with Gasteiger partial charge in [0.1, 0.15) is 11.9 Å². The van der Waals surface area contributed by atoms with E-state index in [1.165, 1.54) is 10.7 Å². The summed E-state index contributed by atoms with van der Waals surface area (Å²) in [4.78, 5) is 33.9. The first-order valence-electron chi connectivity index (χ1n) is 10.1. The third-order valence-corrected chi connectivity index (χ3v) is 5.46. The number of nitrogens with zero attached hydrogens (tertiary/aromatic N) is 5. The van der Waals surface area contributed by atoms with Crippen molar-refractivity contribution in [3.05, 3.63) is 76.7 Å². The average Bonchev–Trinajstić information content (AvgIpc) is 2.80. The van der Waals surface area contributed by atoms with Crippen LogP contribution in [0.4, 0.5) is 5.82 Å². The van der Waals surface area contributed by atoms with Crippen LogP contribution in [0.15, 0.2) is 65.6 Å². The van der Waals surface area contributed by atoms with Crippen LogP contribution >= 0.6 is 0 Å².